The van der Waals surface area contributed by atoms with E-state index in [1.165, 1.54) is 13.4 Å². The highest BCUT2D eigenvalue weighted by molar-refractivity contribution is 5.87. The summed E-state index contributed by atoms with van der Waals surface area (Å²) in [5, 5.41) is 3.25. The van der Waals surface area contributed by atoms with Gasteiger partial charge >= 0.3 is 5.97 Å². The number of hydrogen-bond acceptors (Lipinski definition) is 5. The summed E-state index contributed by atoms with van der Waals surface area (Å²) in [7, 11) is 1.33. The van der Waals surface area contributed by atoms with Crippen molar-refractivity contribution < 1.29 is 18.4 Å². The lowest BCUT2D eigenvalue weighted by Crippen LogP contribution is -2.18. The maximum Gasteiger partial charge on any atom is 0.374 e. The molecule has 5 heteroatoms. The molecule has 96 valence electrons. The fourth-order valence-corrected chi connectivity index (χ4v) is 1.65. The van der Waals surface area contributed by atoms with Gasteiger partial charge in [-0.3, -0.25) is 0 Å². The summed E-state index contributed by atoms with van der Waals surface area (Å²) in [5.74, 6) is 0.609. The number of hydrogen-bond donors (Lipinski definition) is 1. The monoisotopic (exact) mass is 249 g/mol. The third-order valence-electron chi connectivity index (χ3n) is 2.69. The van der Waals surface area contributed by atoms with Crippen LogP contribution in [0.3, 0.4) is 0 Å². The van der Waals surface area contributed by atoms with Gasteiger partial charge < -0.3 is 18.9 Å². The number of furan rings is 2. The van der Waals surface area contributed by atoms with Gasteiger partial charge in [0.25, 0.3) is 0 Å². The van der Waals surface area contributed by atoms with Gasteiger partial charge in [0.1, 0.15) is 5.76 Å². The zero-order valence-electron chi connectivity index (χ0n) is 10.3. The Balaban J connectivity index is 1.98. The van der Waals surface area contributed by atoms with Crippen LogP contribution >= 0.6 is 0 Å². The molecular weight excluding hydrogens is 234 g/mol. The zero-order valence-corrected chi connectivity index (χ0v) is 10.3. The van der Waals surface area contributed by atoms with E-state index in [9.17, 15) is 4.79 Å². The fraction of sp³-hybridized carbons (Fsp3) is 0.308. The lowest BCUT2D eigenvalue weighted by molar-refractivity contribution is 0.0563. The van der Waals surface area contributed by atoms with Gasteiger partial charge in [-0.05, 0) is 25.1 Å². The largest absolute Gasteiger partial charge is 0.468 e. The molecule has 0 bridgehead atoms. The Bertz CT molecular complexity index is 501. The van der Waals surface area contributed by atoms with Crippen molar-refractivity contribution in [3.8, 4) is 0 Å². The molecule has 0 saturated carbocycles. The molecule has 0 spiro atoms. The standard InChI is InChI=1S/C13H15NO4/c1-9(11-4-3-6-17-11)14-8-10-5-7-18-12(10)13(15)16-2/h3-7,9,14H,8H2,1-2H3/t9-/m0/s1. The molecule has 0 aliphatic rings. The third kappa shape index (κ3) is 2.62. The summed E-state index contributed by atoms with van der Waals surface area (Å²) in [6.07, 6.45) is 3.10. The molecule has 0 unspecified atom stereocenters. The number of carbonyl (C=O) groups is 1. The summed E-state index contributed by atoms with van der Waals surface area (Å²) in [5.41, 5.74) is 0.764. The van der Waals surface area contributed by atoms with Crippen LogP contribution in [0.15, 0.2) is 39.6 Å². The normalized spacial score (nSPS) is 12.3. The van der Waals surface area contributed by atoms with E-state index in [-0.39, 0.29) is 11.8 Å². The highest BCUT2D eigenvalue weighted by atomic mass is 16.5. The average Bonchev–Trinajstić information content (AvgIpc) is 3.05. The summed E-state index contributed by atoms with van der Waals surface area (Å²) in [4.78, 5) is 11.4. The van der Waals surface area contributed by atoms with Gasteiger partial charge in [-0.2, -0.15) is 0 Å². The maximum atomic E-state index is 11.4. The average molecular weight is 249 g/mol. The van der Waals surface area contributed by atoms with Crippen molar-refractivity contribution in [3.63, 3.8) is 0 Å². The number of esters is 1. The molecule has 2 rings (SSSR count). The van der Waals surface area contributed by atoms with E-state index in [1.807, 2.05) is 19.1 Å². The van der Waals surface area contributed by atoms with Crippen molar-refractivity contribution >= 4 is 5.97 Å². The second-order valence-electron chi connectivity index (χ2n) is 3.88. The smallest absolute Gasteiger partial charge is 0.374 e. The van der Waals surface area contributed by atoms with E-state index >= 15 is 0 Å². The van der Waals surface area contributed by atoms with Gasteiger partial charge in [0.15, 0.2) is 0 Å². The van der Waals surface area contributed by atoms with Crippen LogP contribution in [0, 0.1) is 0 Å². The molecule has 5 nitrogen and oxygen atoms in total. The van der Waals surface area contributed by atoms with E-state index in [0.29, 0.717) is 6.54 Å². The van der Waals surface area contributed by atoms with Crippen LogP contribution in [-0.4, -0.2) is 13.1 Å². The number of ether oxygens (including phenoxy) is 1. The minimum Gasteiger partial charge on any atom is -0.468 e. The van der Waals surface area contributed by atoms with Crippen LogP contribution in [0.25, 0.3) is 0 Å². The minimum absolute atomic E-state index is 0.0559. The Morgan fingerprint density at radius 3 is 2.89 bits per heavy atom. The molecule has 18 heavy (non-hydrogen) atoms. The first-order valence-electron chi connectivity index (χ1n) is 5.64. The SMILES string of the molecule is COC(=O)c1occc1CN[C@@H](C)c1ccco1. The van der Waals surface area contributed by atoms with Gasteiger partial charge in [-0.15, -0.1) is 0 Å². The van der Waals surface area contributed by atoms with Gasteiger partial charge in [0, 0.05) is 12.1 Å². The predicted molar refractivity (Wildman–Crippen MR) is 64.0 cm³/mol. The molecule has 2 aromatic heterocycles. The van der Waals surface area contributed by atoms with E-state index in [4.69, 9.17) is 8.83 Å². The van der Waals surface area contributed by atoms with E-state index < -0.39 is 5.97 Å². The molecule has 2 heterocycles. The Morgan fingerprint density at radius 1 is 1.39 bits per heavy atom. The van der Waals surface area contributed by atoms with Crippen LogP contribution in [-0.2, 0) is 11.3 Å². The molecule has 1 N–H and O–H groups in total. The van der Waals surface area contributed by atoms with Crippen LogP contribution in [0.4, 0.5) is 0 Å². The Hall–Kier alpha value is -2.01. The third-order valence-corrected chi connectivity index (χ3v) is 2.69. The van der Waals surface area contributed by atoms with Gasteiger partial charge in [0.05, 0.1) is 25.7 Å². The number of methoxy groups -OCH3 is 1. The number of nitrogens with one attached hydrogen (secondary N) is 1. The van der Waals surface area contributed by atoms with E-state index in [2.05, 4.69) is 10.1 Å². The Kier molecular flexibility index (Phi) is 3.84. The van der Waals surface area contributed by atoms with Crippen LogP contribution in [0.5, 0.6) is 0 Å². The first-order valence-corrected chi connectivity index (χ1v) is 5.64. The summed E-state index contributed by atoms with van der Waals surface area (Å²) in [6.45, 7) is 2.49. The molecule has 1 atom stereocenters. The number of carbonyl (C=O) groups excluding carboxylic acids is 1. The van der Waals surface area contributed by atoms with E-state index in [1.54, 1.807) is 12.3 Å². The molecule has 0 fully saturated rings. The van der Waals surface area contributed by atoms with E-state index in [0.717, 1.165) is 11.3 Å². The molecule has 0 aliphatic carbocycles. The van der Waals surface area contributed by atoms with Crippen molar-refractivity contribution in [2.24, 2.45) is 0 Å². The minimum atomic E-state index is -0.470. The summed E-state index contributed by atoms with van der Waals surface area (Å²) < 4.78 is 15.0. The fourth-order valence-electron chi connectivity index (χ4n) is 1.65. The van der Waals surface area contributed by atoms with Crippen molar-refractivity contribution in [2.45, 2.75) is 19.5 Å². The molecule has 0 aliphatic heterocycles. The Morgan fingerprint density at radius 2 is 2.22 bits per heavy atom. The first kappa shape index (κ1) is 12.4. The molecule has 0 radical (unpaired) electrons. The van der Waals surface area contributed by atoms with Crippen molar-refractivity contribution in [2.75, 3.05) is 7.11 Å². The molecule has 0 amide bonds. The number of rotatable bonds is 5. The topological polar surface area (TPSA) is 64.6 Å². The van der Waals surface area contributed by atoms with Crippen LogP contribution in [0.2, 0.25) is 0 Å². The zero-order chi connectivity index (χ0) is 13.0. The summed E-state index contributed by atoms with van der Waals surface area (Å²) in [6, 6.07) is 5.54. The van der Waals surface area contributed by atoms with Gasteiger partial charge in [-0.1, -0.05) is 0 Å². The van der Waals surface area contributed by atoms with Gasteiger partial charge in [0.2, 0.25) is 5.76 Å². The van der Waals surface area contributed by atoms with Crippen molar-refractivity contribution in [1.29, 1.82) is 0 Å². The van der Waals surface area contributed by atoms with Crippen LogP contribution < -0.4 is 5.32 Å². The van der Waals surface area contributed by atoms with Crippen molar-refractivity contribution in [3.05, 3.63) is 47.8 Å². The summed E-state index contributed by atoms with van der Waals surface area (Å²) >= 11 is 0. The predicted octanol–water partition coefficient (Wildman–Crippen LogP) is 2.51. The molecule has 0 saturated heterocycles. The highest BCUT2D eigenvalue weighted by Gasteiger charge is 2.16. The van der Waals surface area contributed by atoms with Crippen molar-refractivity contribution in [1.82, 2.24) is 5.32 Å². The molecular formula is C13H15NO4. The van der Waals surface area contributed by atoms with Crippen LogP contribution in [0.1, 0.15) is 34.8 Å². The Labute approximate surface area is 105 Å². The molecule has 0 aromatic carbocycles. The molecule has 2 aromatic rings. The lowest BCUT2D eigenvalue weighted by Gasteiger charge is -2.10. The lowest BCUT2D eigenvalue weighted by atomic mass is 10.2. The second kappa shape index (κ2) is 5.55. The first-order chi connectivity index (χ1) is 8.72. The second-order valence-corrected chi connectivity index (χ2v) is 3.88. The quantitative estimate of drug-likeness (QED) is 0.825. The van der Waals surface area contributed by atoms with Gasteiger partial charge in [-0.25, -0.2) is 4.79 Å². The maximum absolute atomic E-state index is 11.4. The highest BCUT2D eigenvalue weighted by Crippen LogP contribution is 2.16.